The Hall–Kier alpha value is -2.24. The summed E-state index contributed by atoms with van der Waals surface area (Å²) in [6.45, 7) is 0. The van der Waals surface area contributed by atoms with Crippen LogP contribution in [0.2, 0.25) is 0 Å². The molecule has 0 spiro atoms. The van der Waals surface area contributed by atoms with Crippen LogP contribution < -0.4 is 11.3 Å². The number of nitrogens with zero attached hydrogens (tertiary/aromatic N) is 2. The van der Waals surface area contributed by atoms with Gasteiger partial charge in [-0.3, -0.25) is 14.6 Å². The van der Waals surface area contributed by atoms with Crippen molar-refractivity contribution in [1.29, 1.82) is 0 Å². The van der Waals surface area contributed by atoms with Gasteiger partial charge in [0, 0.05) is 18.2 Å². The number of Topliss-reactive ketones (excluding diaryl/α,β-unsaturated/α-hetero) is 1. The molecule has 2 aromatic heterocycles. The molecule has 1 aliphatic rings. The third-order valence-corrected chi connectivity index (χ3v) is 2.99. The topological polar surface area (TPSA) is 102 Å². The van der Waals surface area contributed by atoms with E-state index in [-0.39, 0.29) is 17.3 Å². The Morgan fingerprint density at radius 2 is 2.12 bits per heavy atom. The van der Waals surface area contributed by atoms with Gasteiger partial charge in [0.15, 0.2) is 11.4 Å². The minimum atomic E-state index is -0.327. The van der Waals surface area contributed by atoms with Gasteiger partial charge >= 0.3 is 0 Å². The van der Waals surface area contributed by atoms with Crippen LogP contribution in [0.4, 0.5) is 5.95 Å². The molecule has 0 aromatic carbocycles. The minimum Gasteiger partial charge on any atom is -0.369 e. The SMILES string of the molecule is Nc1nc2ncc3c(c2c(=O)[nH]1)CCCC3=O. The Morgan fingerprint density at radius 1 is 1.29 bits per heavy atom. The van der Waals surface area contributed by atoms with Crippen molar-refractivity contribution in [1.82, 2.24) is 15.0 Å². The summed E-state index contributed by atoms with van der Waals surface area (Å²) in [5.74, 6) is 0.0777. The van der Waals surface area contributed by atoms with Crippen molar-refractivity contribution in [2.24, 2.45) is 0 Å². The Morgan fingerprint density at radius 3 is 2.94 bits per heavy atom. The highest BCUT2D eigenvalue weighted by molar-refractivity contribution is 6.01. The third kappa shape index (κ3) is 1.41. The molecule has 0 aliphatic heterocycles. The molecule has 3 rings (SSSR count). The molecule has 0 saturated carbocycles. The quantitative estimate of drug-likeness (QED) is 0.682. The smallest absolute Gasteiger partial charge is 0.262 e. The van der Waals surface area contributed by atoms with Gasteiger partial charge in [-0.1, -0.05) is 0 Å². The van der Waals surface area contributed by atoms with Crippen LogP contribution in [0.15, 0.2) is 11.0 Å². The highest BCUT2D eigenvalue weighted by Gasteiger charge is 2.21. The molecule has 0 saturated heterocycles. The van der Waals surface area contributed by atoms with Crippen molar-refractivity contribution in [2.45, 2.75) is 19.3 Å². The van der Waals surface area contributed by atoms with Gasteiger partial charge in [-0.25, -0.2) is 4.98 Å². The summed E-state index contributed by atoms with van der Waals surface area (Å²) in [6.07, 6.45) is 3.47. The number of aromatic nitrogens is 3. The first-order chi connectivity index (χ1) is 8.16. The van der Waals surface area contributed by atoms with Crippen LogP contribution in [-0.2, 0) is 6.42 Å². The zero-order valence-electron chi connectivity index (χ0n) is 8.99. The molecule has 6 heteroatoms. The standard InChI is InChI=1S/C11H10N4O2/c12-11-14-9-8(10(17)15-11)5-2-1-3-7(16)6(5)4-13-9/h4H,1-3H2,(H3,12,13,14,15,17). The molecule has 17 heavy (non-hydrogen) atoms. The van der Waals surface area contributed by atoms with Crippen LogP contribution in [0.1, 0.15) is 28.8 Å². The monoisotopic (exact) mass is 230 g/mol. The van der Waals surface area contributed by atoms with Gasteiger partial charge in [0.1, 0.15) is 0 Å². The molecule has 0 atom stereocenters. The molecule has 1 aliphatic carbocycles. The van der Waals surface area contributed by atoms with Crippen molar-refractivity contribution in [3.05, 3.63) is 27.7 Å². The average molecular weight is 230 g/mol. The third-order valence-electron chi connectivity index (χ3n) is 2.99. The number of nitrogens with two attached hydrogens (primary N) is 1. The summed E-state index contributed by atoms with van der Waals surface area (Å²) < 4.78 is 0. The first kappa shape index (κ1) is 9.95. The fraction of sp³-hybridized carbons (Fsp3) is 0.273. The second kappa shape index (κ2) is 3.38. The van der Waals surface area contributed by atoms with Crippen LogP contribution in [0.5, 0.6) is 0 Å². The maximum Gasteiger partial charge on any atom is 0.262 e. The molecule has 2 heterocycles. The number of H-pyrrole nitrogens is 1. The molecule has 86 valence electrons. The van der Waals surface area contributed by atoms with E-state index in [0.717, 1.165) is 12.0 Å². The van der Waals surface area contributed by atoms with E-state index in [1.54, 1.807) is 0 Å². The largest absolute Gasteiger partial charge is 0.369 e. The van der Waals surface area contributed by atoms with Crippen molar-refractivity contribution < 1.29 is 4.79 Å². The van der Waals surface area contributed by atoms with E-state index in [9.17, 15) is 9.59 Å². The second-order valence-corrected chi connectivity index (χ2v) is 4.08. The lowest BCUT2D eigenvalue weighted by molar-refractivity contribution is 0.0972. The Labute approximate surface area is 95.9 Å². The zero-order valence-corrected chi connectivity index (χ0v) is 8.99. The zero-order chi connectivity index (χ0) is 12.0. The molecule has 2 aromatic rings. The number of pyridine rings is 1. The van der Waals surface area contributed by atoms with E-state index >= 15 is 0 Å². The van der Waals surface area contributed by atoms with E-state index in [1.807, 2.05) is 0 Å². The number of nitrogens with one attached hydrogen (secondary N) is 1. The van der Waals surface area contributed by atoms with E-state index in [0.29, 0.717) is 29.4 Å². The van der Waals surface area contributed by atoms with Crippen molar-refractivity contribution >= 4 is 22.8 Å². The number of ketones is 1. The van der Waals surface area contributed by atoms with E-state index in [1.165, 1.54) is 6.20 Å². The number of hydrogen-bond donors (Lipinski definition) is 2. The van der Waals surface area contributed by atoms with Gasteiger partial charge in [0.2, 0.25) is 5.95 Å². The van der Waals surface area contributed by atoms with E-state index < -0.39 is 0 Å². The predicted octanol–water partition coefficient (Wildman–Crippen LogP) is 0.419. The number of hydrogen-bond acceptors (Lipinski definition) is 5. The van der Waals surface area contributed by atoms with Crippen LogP contribution in [0.3, 0.4) is 0 Å². The number of carbonyl (C=O) groups excluding carboxylic acids is 1. The van der Waals surface area contributed by atoms with E-state index in [4.69, 9.17) is 5.73 Å². The van der Waals surface area contributed by atoms with Crippen LogP contribution in [0, 0.1) is 0 Å². The summed E-state index contributed by atoms with van der Waals surface area (Å²) in [6, 6.07) is 0. The number of nitrogen functional groups attached to an aromatic ring is 1. The molecule has 0 amide bonds. The van der Waals surface area contributed by atoms with Gasteiger partial charge in [0.05, 0.1) is 5.39 Å². The fourth-order valence-electron chi connectivity index (χ4n) is 2.24. The highest BCUT2D eigenvalue weighted by atomic mass is 16.1. The molecule has 0 unspecified atom stereocenters. The molecular weight excluding hydrogens is 220 g/mol. The van der Waals surface area contributed by atoms with Crippen LogP contribution in [0.25, 0.3) is 11.0 Å². The number of fused-ring (bicyclic) bond motifs is 3. The lowest BCUT2D eigenvalue weighted by Crippen LogP contribution is -2.19. The van der Waals surface area contributed by atoms with Gasteiger partial charge in [-0.05, 0) is 18.4 Å². The van der Waals surface area contributed by atoms with Gasteiger partial charge in [-0.2, -0.15) is 4.98 Å². The van der Waals surface area contributed by atoms with Crippen molar-refractivity contribution in [2.75, 3.05) is 5.73 Å². The van der Waals surface area contributed by atoms with Crippen molar-refractivity contribution in [3.63, 3.8) is 0 Å². The summed E-state index contributed by atoms with van der Waals surface area (Å²) in [5.41, 5.74) is 6.72. The first-order valence-corrected chi connectivity index (χ1v) is 5.37. The van der Waals surface area contributed by atoms with Crippen LogP contribution >= 0.6 is 0 Å². The highest BCUT2D eigenvalue weighted by Crippen LogP contribution is 2.24. The van der Waals surface area contributed by atoms with Gasteiger partial charge in [0.25, 0.3) is 5.56 Å². The maximum absolute atomic E-state index is 11.9. The summed E-state index contributed by atoms with van der Waals surface area (Å²) >= 11 is 0. The second-order valence-electron chi connectivity index (χ2n) is 4.08. The molecule has 0 bridgehead atoms. The fourth-order valence-corrected chi connectivity index (χ4v) is 2.24. The Balaban J connectivity index is 2.46. The first-order valence-electron chi connectivity index (χ1n) is 5.37. The number of anilines is 1. The Bertz CT molecular complexity index is 690. The average Bonchev–Trinajstić information content (AvgIpc) is 2.28. The lowest BCUT2D eigenvalue weighted by atomic mass is 9.90. The van der Waals surface area contributed by atoms with Gasteiger partial charge in [-0.15, -0.1) is 0 Å². The molecule has 0 radical (unpaired) electrons. The summed E-state index contributed by atoms with van der Waals surface area (Å²) in [5, 5.41) is 0.393. The number of carbonyl (C=O) groups is 1. The van der Waals surface area contributed by atoms with Crippen molar-refractivity contribution in [3.8, 4) is 0 Å². The predicted molar refractivity (Wildman–Crippen MR) is 61.8 cm³/mol. The Kier molecular flexibility index (Phi) is 1.98. The normalized spacial score (nSPS) is 14.9. The number of aryl methyl sites for hydroxylation is 1. The molecule has 0 fully saturated rings. The molecule has 6 nitrogen and oxygen atoms in total. The van der Waals surface area contributed by atoms with Gasteiger partial charge < -0.3 is 5.73 Å². The number of aromatic amines is 1. The number of rotatable bonds is 0. The minimum absolute atomic E-state index is 0.0388. The summed E-state index contributed by atoms with van der Waals surface area (Å²) in [7, 11) is 0. The maximum atomic E-state index is 11.9. The van der Waals surface area contributed by atoms with E-state index in [2.05, 4.69) is 15.0 Å². The lowest BCUT2D eigenvalue weighted by Gasteiger charge is -2.15. The molecule has 3 N–H and O–H groups in total. The summed E-state index contributed by atoms with van der Waals surface area (Å²) in [4.78, 5) is 34.0. The van der Waals surface area contributed by atoms with Crippen LogP contribution in [-0.4, -0.2) is 20.7 Å². The molecular formula is C11H10N4O2.